The maximum Gasteiger partial charge on any atom is 0.193 e. The first-order valence-corrected chi connectivity index (χ1v) is 8.41. The van der Waals surface area contributed by atoms with Gasteiger partial charge in [-0.1, -0.05) is 13.3 Å². The van der Waals surface area contributed by atoms with Crippen LogP contribution >= 0.6 is 0 Å². The summed E-state index contributed by atoms with van der Waals surface area (Å²) in [4.78, 5) is 9.25. The molecule has 5 heteroatoms. The highest BCUT2D eigenvalue weighted by Gasteiger charge is 2.42. The second-order valence-electron chi connectivity index (χ2n) is 6.60. The van der Waals surface area contributed by atoms with E-state index >= 15 is 0 Å². The Morgan fingerprint density at radius 3 is 2.90 bits per heavy atom. The number of likely N-dealkylation sites (N-methyl/N-ethyl adjacent to an activating group) is 1. The lowest BCUT2D eigenvalue weighted by Gasteiger charge is -2.25. The summed E-state index contributed by atoms with van der Waals surface area (Å²) in [6.07, 6.45) is 4.99. The predicted octanol–water partition coefficient (Wildman–Crippen LogP) is 1.41. The van der Waals surface area contributed by atoms with Crippen molar-refractivity contribution in [3.8, 4) is 0 Å². The number of ether oxygens (including phenoxy) is 1. The van der Waals surface area contributed by atoms with Gasteiger partial charge in [-0.2, -0.15) is 0 Å². The van der Waals surface area contributed by atoms with Crippen LogP contribution in [-0.2, 0) is 4.74 Å². The SMILES string of the molecule is CCCCN(C)CCNC(=NC)N1CCC2(CCOC2)C1. The van der Waals surface area contributed by atoms with Gasteiger partial charge in [0.2, 0.25) is 0 Å². The Labute approximate surface area is 129 Å². The van der Waals surface area contributed by atoms with Gasteiger partial charge in [0.15, 0.2) is 5.96 Å². The minimum absolute atomic E-state index is 0.398. The van der Waals surface area contributed by atoms with E-state index < -0.39 is 0 Å². The van der Waals surface area contributed by atoms with Crippen molar-refractivity contribution in [1.82, 2.24) is 15.1 Å². The summed E-state index contributed by atoms with van der Waals surface area (Å²) in [6, 6.07) is 0. The molecular formula is C16H32N4O. The van der Waals surface area contributed by atoms with E-state index in [4.69, 9.17) is 4.74 Å². The molecule has 0 aromatic rings. The molecule has 2 rings (SSSR count). The van der Waals surface area contributed by atoms with E-state index in [1.54, 1.807) is 0 Å². The van der Waals surface area contributed by atoms with Crippen LogP contribution in [0.15, 0.2) is 4.99 Å². The normalized spacial score (nSPS) is 26.3. The molecule has 2 heterocycles. The second-order valence-corrected chi connectivity index (χ2v) is 6.60. The Morgan fingerprint density at radius 2 is 2.24 bits per heavy atom. The summed E-state index contributed by atoms with van der Waals surface area (Å²) in [6.45, 7) is 9.52. The topological polar surface area (TPSA) is 40.1 Å². The van der Waals surface area contributed by atoms with E-state index in [1.807, 2.05) is 7.05 Å². The summed E-state index contributed by atoms with van der Waals surface area (Å²) in [7, 11) is 4.08. The molecule has 0 saturated carbocycles. The Bertz CT molecular complexity index is 339. The van der Waals surface area contributed by atoms with Crippen molar-refractivity contribution in [1.29, 1.82) is 0 Å². The smallest absolute Gasteiger partial charge is 0.193 e. The zero-order chi connectivity index (χ0) is 15.1. The van der Waals surface area contributed by atoms with Crippen LogP contribution in [0, 0.1) is 5.41 Å². The van der Waals surface area contributed by atoms with E-state index in [1.165, 1.54) is 32.2 Å². The molecule has 122 valence electrons. The maximum atomic E-state index is 5.60. The van der Waals surface area contributed by atoms with Gasteiger partial charge in [-0.15, -0.1) is 0 Å². The molecule has 1 spiro atoms. The highest BCUT2D eigenvalue weighted by molar-refractivity contribution is 5.80. The predicted molar refractivity (Wildman–Crippen MR) is 87.8 cm³/mol. The number of aliphatic imine (C=N–C) groups is 1. The molecule has 0 aliphatic carbocycles. The minimum atomic E-state index is 0.398. The van der Waals surface area contributed by atoms with Gasteiger partial charge in [0.25, 0.3) is 0 Å². The molecule has 2 fully saturated rings. The van der Waals surface area contributed by atoms with Crippen molar-refractivity contribution < 1.29 is 4.74 Å². The van der Waals surface area contributed by atoms with E-state index in [0.29, 0.717) is 5.41 Å². The van der Waals surface area contributed by atoms with Crippen molar-refractivity contribution in [3.05, 3.63) is 0 Å². The second kappa shape index (κ2) is 7.99. The summed E-state index contributed by atoms with van der Waals surface area (Å²) >= 11 is 0. The van der Waals surface area contributed by atoms with Gasteiger partial charge in [0, 0.05) is 45.2 Å². The number of nitrogens with zero attached hydrogens (tertiary/aromatic N) is 3. The van der Waals surface area contributed by atoms with E-state index in [9.17, 15) is 0 Å². The van der Waals surface area contributed by atoms with E-state index in [-0.39, 0.29) is 0 Å². The average Bonchev–Trinajstić information content (AvgIpc) is 3.12. The molecule has 2 aliphatic heterocycles. The first-order valence-electron chi connectivity index (χ1n) is 8.41. The summed E-state index contributed by atoms with van der Waals surface area (Å²) in [5.41, 5.74) is 0.398. The number of guanidine groups is 1. The number of unbranched alkanes of at least 4 members (excludes halogenated alkanes) is 1. The first kappa shape index (κ1) is 16.6. The molecule has 0 aromatic carbocycles. The summed E-state index contributed by atoms with van der Waals surface area (Å²) in [5.74, 6) is 1.06. The van der Waals surface area contributed by atoms with Gasteiger partial charge >= 0.3 is 0 Å². The minimum Gasteiger partial charge on any atom is -0.381 e. The highest BCUT2D eigenvalue weighted by Crippen LogP contribution is 2.38. The Hall–Kier alpha value is -0.810. The third kappa shape index (κ3) is 4.58. The third-order valence-corrected chi connectivity index (χ3v) is 4.80. The maximum absolute atomic E-state index is 5.60. The summed E-state index contributed by atoms with van der Waals surface area (Å²) < 4.78 is 5.60. The molecule has 1 atom stereocenters. The number of hydrogen-bond donors (Lipinski definition) is 1. The quantitative estimate of drug-likeness (QED) is 0.594. The number of rotatable bonds is 6. The zero-order valence-corrected chi connectivity index (χ0v) is 14.0. The van der Waals surface area contributed by atoms with Gasteiger partial charge < -0.3 is 19.9 Å². The largest absolute Gasteiger partial charge is 0.381 e. The molecule has 5 nitrogen and oxygen atoms in total. The fraction of sp³-hybridized carbons (Fsp3) is 0.938. The van der Waals surface area contributed by atoms with Crippen LogP contribution in [0.5, 0.6) is 0 Å². The molecule has 0 bridgehead atoms. The molecule has 1 unspecified atom stereocenters. The van der Waals surface area contributed by atoms with Crippen molar-refractivity contribution in [2.45, 2.75) is 32.6 Å². The van der Waals surface area contributed by atoms with Crippen LogP contribution in [0.2, 0.25) is 0 Å². The highest BCUT2D eigenvalue weighted by atomic mass is 16.5. The van der Waals surface area contributed by atoms with Gasteiger partial charge in [-0.3, -0.25) is 4.99 Å². The summed E-state index contributed by atoms with van der Waals surface area (Å²) in [5, 5.41) is 3.52. The Kier molecular flexibility index (Phi) is 6.30. The van der Waals surface area contributed by atoms with Crippen LogP contribution in [0.4, 0.5) is 0 Å². The van der Waals surface area contributed by atoms with Gasteiger partial charge in [0.05, 0.1) is 6.61 Å². The monoisotopic (exact) mass is 296 g/mol. The fourth-order valence-corrected chi connectivity index (χ4v) is 3.32. The zero-order valence-electron chi connectivity index (χ0n) is 14.0. The van der Waals surface area contributed by atoms with E-state index in [0.717, 1.165) is 45.4 Å². The van der Waals surface area contributed by atoms with Crippen LogP contribution in [0.25, 0.3) is 0 Å². The van der Waals surface area contributed by atoms with Crippen LogP contribution in [0.1, 0.15) is 32.6 Å². The molecule has 2 aliphatic rings. The van der Waals surface area contributed by atoms with E-state index in [2.05, 4.69) is 34.1 Å². The molecule has 0 aromatic heterocycles. The molecular weight excluding hydrogens is 264 g/mol. The average molecular weight is 296 g/mol. The van der Waals surface area contributed by atoms with Crippen molar-refractivity contribution in [2.24, 2.45) is 10.4 Å². The fourth-order valence-electron chi connectivity index (χ4n) is 3.32. The molecule has 2 saturated heterocycles. The lowest BCUT2D eigenvalue weighted by molar-refractivity contribution is 0.156. The molecule has 0 radical (unpaired) electrons. The van der Waals surface area contributed by atoms with Crippen LogP contribution in [0.3, 0.4) is 0 Å². The molecule has 21 heavy (non-hydrogen) atoms. The number of likely N-dealkylation sites (tertiary alicyclic amines) is 1. The first-order chi connectivity index (χ1) is 10.2. The Balaban J connectivity index is 1.71. The van der Waals surface area contributed by atoms with Crippen LogP contribution in [-0.4, -0.2) is 75.8 Å². The lowest BCUT2D eigenvalue weighted by atomic mass is 9.87. The van der Waals surface area contributed by atoms with Gasteiger partial charge in [-0.25, -0.2) is 0 Å². The van der Waals surface area contributed by atoms with Gasteiger partial charge in [-0.05, 0) is 32.9 Å². The van der Waals surface area contributed by atoms with Crippen LogP contribution < -0.4 is 5.32 Å². The van der Waals surface area contributed by atoms with Crippen molar-refractivity contribution >= 4 is 5.96 Å². The van der Waals surface area contributed by atoms with Crippen molar-refractivity contribution in [2.75, 3.05) is 60.0 Å². The Morgan fingerprint density at radius 1 is 1.38 bits per heavy atom. The molecule has 0 amide bonds. The van der Waals surface area contributed by atoms with Crippen molar-refractivity contribution in [3.63, 3.8) is 0 Å². The number of hydrogen-bond acceptors (Lipinski definition) is 3. The standard InChI is InChI=1S/C16H32N4O/c1-4-5-9-19(3)11-8-18-15(17-2)20-10-6-16(13-20)7-12-21-14-16/h4-14H2,1-3H3,(H,17,18). The third-order valence-electron chi connectivity index (χ3n) is 4.80. The number of nitrogens with one attached hydrogen (secondary N) is 1. The lowest BCUT2D eigenvalue weighted by Crippen LogP contribution is -2.43. The molecule has 1 N–H and O–H groups in total. The van der Waals surface area contributed by atoms with Gasteiger partial charge in [0.1, 0.15) is 0 Å².